The van der Waals surface area contributed by atoms with Gasteiger partial charge in [0.25, 0.3) is 0 Å². The molecule has 0 fully saturated rings. The van der Waals surface area contributed by atoms with E-state index in [1.165, 1.54) is 12.6 Å². The predicted molar refractivity (Wildman–Crippen MR) is 56.5 cm³/mol. The molecule has 1 unspecified atom stereocenters. The van der Waals surface area contributed by atoms with Crippen molar-refractivity contribution in [3.63, 3.8) is 0 Å². The van der Waals surface area contributed by atoms with E-state index in [0.29, 0.717) is 15.8 Å². The summed E-state index contributed by atoms with van der Waals surface area (Å²) in [5.74, 6) is 0. The second-order valence-electron chi connectivity index (χ2n) is 3.29. The van der Waals surface area contributed by atoms with Crippen molar-refractivity contribution < 1.29 is 0 Å². The van der Waals surface area contributed by atoms with E-state index in [2.05, 4.69) is 33.6 Å². The van der Waals surface area contributed by atoms with Gasteiger partial charge in [0.05, 0.1) is 0 Å². The second-order valence-corrected chi connectivity index (χ2v) is 8.47. The maximum absolute atomic E-state index is 2.41. The molecule has 10 heavy (non-hydrogen) atoms. The highest BCUT2D eigenvalue weighted by Crippen LogP contribution is 2.41. The Labute approximate surface area is 68.3 Å². The van der Waals surface area contributed by atoms with E-state index >= 15 is 0 Å². The zero-order valence-corrected chi connectivity index (χ0v) is 9.67. The van der Waals surface area contributed by atoms with E-state index in [4.69, 9.17) is 0 Å². The molecule has 0 saturated carbocycles. The largest absolute Gasteiger partial charge is 0.113 e. The highest BCUT2D eigenvalue weighted by atomic mass is 31.1. The van der Waals surface area contributed by atoms with Crippen molar-refractivity contribution in [2.75, 3.05) is 32.8 Å². The lowest BCUT2D eigenvalue weighted by Gasteiger charge is -2.21. The Morgan fingerprint density at radius 1 is 1.10 bits per heavy atom. The third-order valence-corrected chi connectivity index (χ3v) is 5.24. The Balaban J connectivity index is 3.60. The van der Waals surface area contributed by atoms with Crippen LogP contribution >= 0.6 is 15.8 Å². The van der Waals surface area contributed by atoms with Gasteiger partial charge in [0.1, 0.15) is 0 Å². The van der Waals surface area contributed by atoms with Crippen molar-refractivity contribution in [2.24, 2.45) is 0 Å². The average molecular weight is 178 g/mol. The van der Waals surface area contributed by atoms with E-state index in [1.54, 1.807) is 0 Å². The molecule has 0 heterocycles. The van der Waals surface area contributed by atoms with Crippen LogP contribution in [0.2, 0.25) is 0 Å². The molecule has 0 spiro atoms. The summed E-state index contributed by atoms with van der Waals surface area (Å²) < 4.78 is 0. The third kappa shape index (κ3) is 4.64. The molecule has 0 aliphatic rings. The molecule has 0 bridgehead atoms. The van der Waals surface area contributed by atoms with Gasteiger partial charge >= 0.3 is 0 Å². The van der Waals surface area contributed by atoms with Crippen LogP contribution in [0.4, 0.5) is 0 Å². The molecule has 0 nitrogen and oxygen atoms in total. The Hall–Kier alpha value is 0.860. The van der Waals surface area contributed by atoms with Gasteiger partial charge in [-0.15, -0.1) is 15.8 Å². The minimum absolute atomic E-state index is 0.320. The zero-order chi connectivity index (χ0) is 8.15. The molecule has 0 amide bonds. The van der Waals surface area contributed by atoms with Crippen molar-refractivity contribution in [3.8, 4) is 0 Å². The third-order valence-electron chi connectivity index (χ3n) is 1.78. The molecule has 0 rings (SSSR count). The first-order valence-corrected chi connectivity index (χ1v) is 8.61. The summed E-state index contributed by atoms with van der Waals surface area (Å²) >= 11 is 0. The van der Waals surface area contributed by atoms with Gasteiger partial charge in [0, 0.05) is 0 Å². The SMILES string of the molecule is CCC(CP(C)C)P(C)C. The summed E-state index contributed by atoms with van der Waals surface area (Å²) in [5.41, 5.74) is 1.04. The quantitative estimate of drug-likeness (QED) is 0.580. The summed E-state index contributed by atoms with van der Waals surface area (Å²) in [6.07, 6.45) is 2.88. The highest BCUT2D eigenvalue weighted by Gasteiger charge is 2.11. The first-order valence-electron chi connectivity index (χ1n) is 3.89. The Kier molecular flexibility index (Phi) is 5.98. The van der Waals surface area contributed by atoms with Crippen molar-refractivity contribution >= 4 is 15.8 Å². The van der Waals surface area contributed by atoms with Gasteiger partial charge in [-0.1, -0.05) is 6.92 Å². The van der Waals surface area contributed by atoms with Gasteiger partial charge in [-0.05, 0) is 44.9 Å². The fraction of sp³-hybridized carbons (Fsp3) is 1.00. The minimum atomic E-state index is 0.320. The zero-order valence-electron chi connectivity index (χ0n) is 7.89. The fourth-order valence-corrected chi connectivity index (χ4v) is 5.20. The smallest absolute Gasteiger partial charge is 0.0178 e. The van der Waals surface area contributed by atoms with Crippen molar-refractivity contribution in [3.05, 3.63) is 0 Å². The van der Waals surface area contributed by atoms with E-state index in [1.807, 2.05) is 0 Å². The molecule has 0 saturated heterocycles. The summed E-state index contributed by atoms with van der Waals surface area (Å²) in [5, 5.41) is 0. The van der Waals surface area contributed by atoms with E-state index in [0.717, 1.165) is 5.66 Å². The first-order chi connectivity index (χ1) is 4.57. The van der Waals surface area contributed by atoms with Crippen molar-refractivity contribution in [1.82, 2.24) is 0 Å². The topological polar surface area (TPSA) is 0 Å². The van der Waals surface area contributed by atoms with Gasteiger partial charge in [-0.25, -0.2) is 0 Å². The molecular formula is C8H20P2. The van der Waals surface area contributed by atoms with Gasteiger partial charge < -0.3 is 0 Å². The lowest BCUT2D eigenvalue weighted by atomic mass is 10.4. The van der Waals surface area contributed by atoms with Gasteiger partial charge in [-0.2, -0.15) is 0 Å². The second kappa shape index (κ2) is 5.50. The Bertz CT molecular complexity index is 79.3. The minimum Gasteiger partial charge on any atom is -0.113 e. The fourth-order valence-electron chi connectivity index (χ4n) is 1.08. The molecule has 2 heteroatoms. The summed E-state index contributed by atoms with van der Waals surface area (Å²) in [6, 6.07) is 0. The molecule has 0 radical (unpaired) electrons. The van der Waals surface area contributed by atoms with Crippen LogP contribution < -0.4 is 0 Å². The van der Waals surface area contributed by atoms with Crippen LogP contribution in [0.15, 0.2) is 0 Å². The van der Waals surface area contributed by atoms with Crippen LogP contribution in [0.5, 0.6) is 0 Å². The molecule has 1 atom stereocenters. The monoisotopic (exact) mass is 178 g/mol. The summed E-state index contributed by atoms with van der Waals surface area (Å²) in [4.78, 5) is 0. The Morgan fingerprint density at radius 3 is 1.70 bits per heavy atom. The number of hydrogen-bond donors (Lipinski definition) is 0. The van der Waals surface area contributed by atoms with Gasteiger partial charge in [-0.3, -0.25) is 0 Å². The van der Waals surface area contributed by atoms with Crippen LogP contribution in [-0.4, -0.2) is 38.5 Å². The van der Waals surface area contributed by atoms with E-state index in [9.17, 15) is 0 Å². The highest BCUT2D eigenvalue weighted by molar-refractivity contribution is 7.60. The van der Waals surface area contributed by atoms with Gasteiger partial charge in [0.15, 0.2) is 0 Å². The predicted octanol–water partition coefficient (Wildman–Crippen LogP) is 3.25. The lowest BCUT2D eigenvalue weighted by Crippen LogP contribution is -2.07. The number of hydrogen-bond acceptors (Lipinski definition) is 0. The maximum Gasteiger partial charge on any atom is -0.0178 e. The summed E-state index contributed by atoms with van der Waals surface area (Å²) in [7, 11) is 0.658. The molecular weight excluding hydrogens is 158 g/mol. The van der Waals surface area contributed by atoms with Crippen LogP contribution in [0.3, 0.4) is 0 Å². The summed E-state index contributed by atoms with van der Waals surface area (Å²) in [6.45, 7) is 11.9. The average Bonchev–Trinajstić information content (AvgIpc) is 1.81. The van der Waals surface area contributed by atoms with Crippen molar-refractivity contribution in [2.45, 2.75) is 19.0 Å². The van der Waals surface area contributed by atoms with Crippen LogP contribution in [0, 0.1) is 0 Å². The molecule has 0 aromatic carbocycles. The first kappa shape index (κ1) is 10.9. The molecule has 0 aliphatic heterocycles. The van der Waals surface area contributed by atoms with Gasteiger partial charge in [0.2, 0.25) is 0 Å². The van der Waals surface area contributed by atoms with E-state index < -0.39 is 0 Å². The van der Waals surface area contributed by atoms with Crippen molar-refractivity contribution in [1.29, 1.82) is 0 Å². The standard InChI is InChI=1S/C8H20P2/c1-6-8(10(4)5)7-9(2)3/h8H,6-7H2,1-5H3. The molecule has 0 aliphatic carbocycles. The Morgan fingerprint density at radius 2 is 1.60 bits per heavy atom. The lowest BCUT2D eigenvalue weighted by molar-refractivity contribution is 0.901. The van der Waals surface area contributed by atoms with E-state index in [-0.39, 0.29) is 0 Å². The maximum atomic E-state index is 2.41. The molecule has 0 aromatic heterocycles. The number of rotatable bonds is 4. The van der Waals surface area contributed by atoms with Crippen LogP contribution in [0.25, 0.3) is 0 Å². The van der Waals surface area contributed by atoms with Crippen LogP contribution in [-0.2, 0) is 0 Å². The molecule has 62 valence electrons. The molecule has 0 aromatic rings. The molecule has 0 N–H and O–H groups in total. The van der Waals surface area contributed by atoms with Crippen LogP contribution in [0.1, 0.15) is 13.3 Å². The normalized spacial score (nSPS) is 14.7.